The molecular weight excluding hydrogens is 368 g/mol. The molecule has 5 N–H and O–H groups in total. The molecule has 1 fully saturated rings. The van der Waals surface area contributed by atoms with E-state index in [-0.39, 0.29) is 17.2 Å². The SMILES string of the molecule is OC[C@H]1O[C@@H](Oc2nc(Cl)nc(Nc3ccccc3)n2)[C@H](O)[C@@H](O)[C@@H]1O. The average Bonchev–Trinajstić information content (AvgIpc) is 2.62. The van der Waals surface area contributed by atoms with Gasteiger partial charge in [-0.3, -0.25) is 0 Å². The predicted molar refractivity (Wildman–Crippen MR) is 89.0 cm³/mol. The highest BCUT2D eigenvalue weighted by Gasteiger charge is 2.45. The molecule has 2 aromatic rings. The molecule has 2 heterocycles. The Morgan fingerprint density at radius 2 is 1.77 bits per heavy atom. The van der Waals surface area contributed by atoms with E-state index >= 15 is 0 Å². The minimum absolute atomic E-state index is 0.0933. The van der Waals surface area contributed by atoms with Crippen LogP contribution in [-0.2, 0) is 4.74 Å². The summed E-state index contributed by atoms with van der Waals surface area (Å²) in [6, 6.07) is 8.78. The van der Waals surface area contributed by atoms with Gasteiger partial charge in [-0.1, -0.05) is 18.2 Å². The summed E-state index contributed by atoms with van der Waals surface area (Å²) in [6.45, 7) is -0.580. The summed E-state index contributed by atoms with van der Waals surface area (Å²) in [5.74, 6) is 0.0933. The third-order valence-corrected chi connectivity index (χ3v) is 3.86. The molecule has 0 aliphatic carbocycles. The smallest absolute Gasteiger partial charge is 0.325 e. The van der Waals surface area contributed by atoms with Crippen LogP contribution in [0.1, 0.15) is 0 Å². The summed E-state index contributed by atoms with van der Waals surface area (Å²) >= 11 is 5.86. The van der Waals surface area contributed by atoms with Crippen molar-refractivity contribution in [2.24, 2.45) is 0 Å². The molecule has 10 nitrogen and oxygen atoms in total. The van der Waals surface area contributed by atoms with Crippen molar-refractivity contribution < 1.29 is 29.9 Å². The van der Waals surface area contributed by atoms with E-state index in [1.165, 1.54) is 0 Å². The van der Waals surface area contributed by atoms with Crippen LogP contribution in [0.5, 0.6) is 6.01 Å². The van der Waals surface area contributed by atoms with Gasteiger partial charge in [-0.15, -0.1) is 0 Å². The summed E-state index contributed by atoms with van der Waals surface area (Å²) in [7, 11) is 0. The molecule has 1 saturated heterocycles. The number of aliphatic hydroxyl groups excluding tert-OH is 4. The number of hydrogen-bond donors (Lipinski definition) is 5. The molecule has 0 radical (unpaired) electrons. The number of hydrogen-bond acceptors (Lipinski definition) is 10. The number of nitrogens with zero attached hydrogens (tertiary/aromatic N) is 3. The highest BCUT2D eigenvalue weighted by molar-refractivity contribution is 6.28. The first-order valence-corrected chi connectivity index (χ1v) is 8.06. The van der Waals surface area contributed by atoms with E-state index in [0.717, 1.165) is 0 Å². The fourth-order valence-corrected chi connectivity index (χ4v) is 2.51. The van der Waals surface area contributed by atoms with Gasteiger partial charge < -0.3 is 35.2 Å². The van der Waals surface area contributed by atoms with Crippen LogP contribution in [0.15, 0.2) is 30.3 Å². The maximum atomic E-state index is 9.99. The van der Waals surface area contributed by atoms with Crippen molar-refractivity contribution in [3.05, 3.63) is 35.6 Å². The molecule has 0 amide bonds. The largest absolute Gasteiger partial charge is 0.430 e. The van der Waals surface area contributed by atoms with Gasteiger partial charge in [0.15, 0.2) is 0 Å². The molecule has 1 aliphatic heterocycles. The number of anilines is 2. The zero-order valence-corrected chi connectivity index (χ0v) is 14.1. The quantitative estimate of drug-likeness (QED) is 0.454. The molecule has 11 heteroatoms. The zero-order chi connectivity index (χ0) is 18.7. The lowest BCUT2D eigenvalue weighted by Gasteiger charge is -2.39. The third kappa shape index (κ3) is 4.18. The Kier molecular flexibility index (Phi) is 5.81. The molecule has 5 atom stereocenters. The second kappa shape index (κ2) is 8.08. The van der Waals surface area contributed by atoms with Crippen molar-refractivity contribution in [3.63, 3.8) is 0 Å². The van der Waals surface area contributed by atoms with Crippen LogP contribution in [0.4, 0.5) is 11.6 Å². The van der Waals surface area contributed by atoms with Crippen LogP contribution in [0.25, 0.3) is 0 Å². The predicted octanol–water partition coefficient (Wildman–Crippen LogP) is -0.553. The van der Waals surface area contributed by atoms with E-state index < -0.39 is 37.3 Å². The minimum Gasteiger partial charge on any atom is -0.430 e. The van der Waals surface area contributed by atoms with E-state index in [9.17, 15) is 20.4 Å². The van der Waals surface area contributed by atoms with Crippen LogP contribution >= 0.6 is 11.6 Å². The summed E-state index contributed by atoms with van der Waals surface area (Å²) in [6.07, 6.45) is -7.20. The second-order valence-electron chi connectivity index (χ2n) is 5.52. The van der Waals surface area contributed by atoms with E-state index in [1.54, 1.807) is 12.1 Å². The number of aliphatic hydroxyl groups is 4. The number of benzene rings is 1. The Morgan fingerprint density at radius 3 is 2.46 bits per heavy atom. The highest BCUT2D eigenvalue weighted by Crippen LogP contribution is 2.24. The van der Waals surface area contributed by atoms with Crippen LogP contribution in [0, 0.1) is 0 Å². The van der Waals surface area contributed by atoms with E-state index in [4.69, 9.17) is 21.1 Å². The Hall–Kier alpha value is -2.08. The first kappa shape index (κ1) is 18.7. The van der Waals surface area contributed by atoms with Gasteiger partial charge in [0.05, 0.1) is 6.61 Å². The molecule has 0 saturated carbocycles. The summed E-state index contributed by atoms with van der Waals surface area (Å²) < 4.78 is 10.6. The van der Waals surface area contributed by atoms with Crippen LogP contribution in [0.2, 0.25) is 5.28 Å². The molecule has 0 bridgehead atoms. The fourth-order valence-electron chi connectivity index (χ4n) is 2.36. The Bertz CT molecular complexity index is 737. The normalized spacial score (nSPS) is 28.6. The van der Waals surface area contributed by atoms with Gasteiger partial charge in [0.1, 0.15) is 24.4 Å². The van der Waals surface area contributed by atoms with Gasteiger partial charge in [-0.2, -0.15) is 15.0 Å². The van der Waals surface area contributed by atoms with Gasteiger partial charge in [0, 0.05) is 5.69 Å². The molecule has 26 heavy (non-hydrogen) atoms. The first-order valence-electron chi connectivity index (χ1n) is 7.68. The number of para-hydroxylation sites is 1. The van der Waals surface area contributed by atoms with E-state index in [2.05, 4.69) is 20.3 Å². The Balaban J connectivity index is 1.77. The lowest BCUT2D eigenvalue weighted by atomic mass is 9.99. The van der Waals surface area contributed by atoms with Crippen molar-refractivity contribution in [3.8, 4) is 6.01 Å². The topological polar surface area (TPSA) is 150 Å². The summed E-state index contributed by atoms with van der Waals surface area (Å²) in [4.78, 5) is 11.7. The molecule has 140 valence electrons. The summed E-state index contributed by atoms with van der Waals surface area (Å²) in [5, 5.41) is 41.5. The number of halogens is 1. The van der Waals surface area contributed by atoms with Crippen molar-refractivity contribution in [1.82, 2.24) is 15.0 Å². The van der Waals surface area contributed by atoms with Crippen molar-refractivity contribution in [1.29, 1.82) is 0 Å². The first-order chi connectivity index (χ1) is 12.5. The molecule has 1 aromatic carbocycles. The molecular formula is C15H17ClN4O6. The fraction of sp³-hybridized carbons (Fsp3) is 0.400. The van der Waals surface area contributed by atoms with Gasteiger partial charge in [0.25, 0.3) is 0 Å². The number of rotatable bonds is 5. The van der Waals surface area contributed by atoms with Gasteiger partial charge in [-0.05, 0) is 23.7 Å². The number of aromatic nitrogens is 3. The Labute approximate surface area is 153 Å². The monoisotopic (exact) mass is 384 g/mol. The zero-order valence-electron chi connectivity index (χ0n) is 13.3. The molecule has 0 unspecified atom stereocenters. The third-order valence-electron chi connectivity index (χ3n) is 3.69. The molecule has 3 rings (SSSR count). The highest BCUT2D eigenvalue weighted by atomic mass is 35.5. The lowest BCUT2D eigenvalue weighted by Crippen LogP contribution is -2.60. The summed E-state index contributed by atoms with van der Waals surface area (Å²) in [5.41, 5.74) is 0.702. The number of ether oxygens (including phenoxy) is 2. The average molecular weight is 385 g/mol. The van der Waals surface area contributed by atoms with Crippen LogP contribution in [0.3, 0.4) is 0 Å². The molecule has 1 aliphatic rings. The maximum absolute atomic E-state index is 9.99. The van der Waals surface area contributed by atoms with Gasteiger partial charge in [-0.25, -0.2) is 0 Å². The van der Waals surface area contributed by atoms with Crippen molar-refractivity contribution >= 4 is 23.2 Å². The van der Waals surface area contributed by atoms with Crippen molar-refractivity contribution in [2.75, 3.05) is 11.9 Å². The maximum Gasteiger partial charge on any atom is 0.325 e. The standard InChI is InChI=1S/C15H17ClN4O6/c16-13-18-14(17-7-4-2-1-3-5-7)20-15(19-13)26-12-11(24)10(23)9(22)8(6-21)25-12/h1-5,8-12,21-24H,6H2,(H,17,18,19,20)/t8-,9-,10+,11-,12+/m1/s1. The molecule has 1 aromatic heterocycles. The van der Waals surface area contributed by atoms with E-state index in [1.807, 2.05) is 18.2 Å². The number of nitrogens with one attached hydrogen (secondary N) is 1. The Morgan fingerprint density at radius 1 is 1.04 bits per heavy atom. The van der Waals surface area contributed by atoms with Crippen LogP contribution < -0.4 is 10.1 Å². The minimum atomic E-state index is -1.59. The van der Waals surface area contributed by atoms with E-state index in [0.29, 0.717) is 5.69 Å². The second-order valence-corrected chi connectivity index (χ2v) is 5.85. The lowest BCUT2D eigenvalue weighted by molar-refractivity contribution is -0.278. The van der Waals surface area contributed by atoms with Gasteiger partial charge >= 0.3 is 6.01 Å². The van der Waals surface area contributed by atoms with Crippen LogP contribution in [-0.4, -0.2) is 72.7 Å². The van der Waals surface area contributed by atoms with Crippen molar-refractivity contribution in [2.45, 2.75) is 30.7 Å². The molecule has 0 spiro atoms. The van der Waals surface area contributed by atoms with Gasteiger partial charge in [0.2, 0.25) is 17.5 Å².